The molecule has 0 amide bonds. The van der Waals surface area contributed by atoms with Crippen LogP contribution in [0.4, 0.5) is 0 Å². The highest BCUT2D eigenvalue weighted by molar-refractivity contribution is 5.97. The summed E-state index contributed by atoms with van der Waals surface area (Å²) in [5.74, 6) is 0.274. The number of Topliss-reactive ketones (excluding diaryl/α,β-unsaturated/α-hetero) is 1. The van der Waals surface area contributed by atoms with Gasteiger partial charge in [-0.2, -0.15) is 0 Å². The highest BCUT2D eigenvalue weighted by Gasteiger charge is 2.21. The molecule has 4 heteroatoms. The first-order chi connectivity index (χ1) is 8.69. The summed E-state index contributed by atoms with van der Waals surface area (Å²) in [5, 5.41) is 9.19. The van der Waals surface area contributed by atoms with Gasteiger partial charge in [-0.3, -0.25) is 9.69 Å². The van der Waals surface area contributed by atoms with Gasteiger partial charge in [0.1, 0.15) is 5.75 Å². The molecule has 1 atom stereocenters. The summed E-state index contributed by atoms with van der Waals surface area (Å²) in [5.41, 5.74) is 0.646. The lowest BCUT2D eigenvalue weighted by Crippen LogP contribution is -2.44. The van der Waals surface area contributed by atoms with Crippen LogP contribution < -0.4 is 0 Å². The lowest BCUT2D eigenvalue weighted by molar-refractivity contribution is -0.0271. The van der Waals surface area contributed by atoms with Crippen molar-refractivity contribution < 1.29 is 14.6 Å². The second kappa shape index (κ2) is 5.98. The average Bonchev–Trinajstić information content (AvgIpc) is 2.39. The fourth-order valence-corrected chi connectivity index (χ4v) is 2.11. The summed E-state index contributed by atoms with van der Waals surface area (Å²) in [4.78, 5) is 14.2. The number of ketones is 1. The molecule has 1 fully saturated rings. The molecule has 1 aromatic carbocycles. The Morgan fingerprint density at radius 2 is 2.17 bits per heavy atom. The van der Waals surface area contributed by atoms with Crippen LogP contribution in [0.2, 0.25) is 0 Å². The third-order valence-corrected chi connectivity index (χ3v) is 3.23. The number of hydrogen-bond acceptors (Lipinski definition) is 4. The molecule has 1 saturated heterocycles. The summed E-state index contributed by atoms with van der Waals surface area (Å²) in [6.07, 6.45) is 1.22. The first kappa shape index (κ1) is 13.1. The SMILES string of the molecule is CCC1CN(CC(=O)c2ccc(O)cc2)CCO1. The minimum atomic E-state index is 0.0896. The van der Waals surface area contributed by atoms with Crippen LogP contribution in [0.25, 0.3) is 0 Å². The molecule has 1 aliphatic rings. The van der Waals surface area contributed by atoms with Crippen LogP contribution in [0.15, 0.2) is 24.3 Å². The van der Waals surface area contributed by atoms with Crippen LogP contribution in [0, 0.1) is 0 Å². The van der Waals surface area contributed by atoms with E-state index in [9.17, 15) is 9.90 Å². The van der Waals surface area contributed by atoms with E-state index in [2.05, 4.69) is 11.8 Å². The first-order valence-corrected chi connectivity index (χ1v) is 6.35. The molecule has 0 spiro atoms. The Morgan fingerprint density at radius 3 is 2.83 bits per heavy atom. The molecule has 2 rings (SSSR count). The van der Waals surface area contributed by atoms with Crippen LogP contribution in [0.3, 0.4) is 0 Å². The Balaban J connectivity index is 1.92. The highest BCUT2D eigenvalue weighted by Crippen LogP contribution is 2.12. The van der Waals surface area contributed by atoms with Crippen LogP contribution in [-0.4, -0.2) is 48.1 Å². The van der Waals surface area contributed by atoms with Gasteiger partial charge in [-0.25, -0.2) is 0 Å². The zero-order valence-corrected chi connectivity index (χ0v) is 10.6. The highest BCUT2D eigenvalue weighted by atomic mass is 16.5. The van der Waals surface area contributed by atoms with Crippen molar-refractivity contribution in [1.29, 1.82) is 0 Å². The van der Waals surface area contributed by atoms with E-state index in [1.54, 1.807) is 24.3 Å². The van der Waals surface area contributed by atoms with Crippen LogP contribution >= 0.6 is 0 Å². The molecule has 0 aromatic heterocycles. The Hall–Kier alpha value is -1.39. The van der Waals surface area contributed by atoms with Crippen LogP contribution in [0.1, 0.15) is 23.7 Å². The molecule has 1 heterocycles. The number of carbonyl (C=O) groups is 1. The second-order valence-corrected chi connectivity index (χ2v) is 4.61. The molecule has 1 aromatic rings. The van der Waals surface area contributed by atoms with Crippen molar-refractivity contribution in [3.8, 4) is 5.75 Å². The number of hydrogen-bond donors (Lipinski definition) is 1. The van der Waals surface area contributed by atoms with Gasteiger partial charge in [0, 0.05) is 18.7 Å². The van der Waals surface area contributed by atoms with Crippen LogP contribution in [-0.2, 0) is 4.74 Å². The van der Waals surface area contributed by atoms with Crippen molar-refractivity contribution in [1.82, 2.24) is 4.90 Å². The lowest BCUT2D eigenvalue weighted by atomic mass is 10.1. The number of carbonyl (C=O) groups excluding carboxylic acids is 1. The fraction of sp³-hybridized carbons (Fsp3) is 0.500. The minimum absolute atomic E-state index is 0.0896. The molecular weight excluding hydrogens is 230 g/mol. The van der Waals surface area contributed by atoms with E-state index in [0.29, 0.717) is 18.7 Å². The topological polar surface area (TPSA) is 49.8 Å². The molecule has 98 valence electrons. The van der Waals surface area contributed by atoms with E-state index in [1.165, 1.54) is 0 Å². The van der Waals surface area contributed by atoms with Gasteiger partial charge in [0.15, 0.2) is 5.78 Å². The smallest absolute Gasteiger partial charge is 0.176 e. The monoisotopic (exact) mass is 249 g/mol. The Morgan fingerprint density at radius 1 is 1.44 bits per heavy atom. The zero-order chi connectivity index (χ0) is 13.0. The van der Waals surface area contributed by atoms with E-state index < -0.39 is 0 Å². The molecular formula is C14H19NO3. The quantitative estimate of drug-likeness (QED) is 0.825. The molecule has 4 nitrogen and oxygen atoms in total. The van der Waals surface area contributed by atoms with Crippen molar-refractivity contribution >= 4 is 5.78 Å². The van der Waals surface area contributed by atoms with Crippen LogP contribution in [0.5, 0.6) is 5.75 Å². The van der Waals surface area contributed by atoms with E-state index >= 15 is 0 Å². The summed E-state index contributed by atoms with van der Waals surface area (Å²) < 4.78 is 5.57. The number of nitrogens with zero attached hydrogens (tertiary/aromatic N) is 1. The molecule has 1 unspecified atom stereocenters. The third kappa shape index (κ3) is 3.31. The Labute approximate surface area is 107 Å². The number of ether oxygens (including phenoxy) is 1. The maximum absolute atomic E-state index is 12.1. The maximum atomic E-state index is 12.1. The molecule has 0 aliphatic carbocycles. The Bertz CT molecular complexity index is 402. The van der Waals surface area contributed by atoms with Crippen molar-refractivity contribution in [2.75, 3.05) is 26.2 Å². The van der Waals surface area contributed by atoms with Gasteiger partial charge in [-0.05, 0) is 30.7 Å². The van der Waals surface area contributed by atoms with E-state index in [4.69, 9.17) is 4.74 Å². The summed E-state index contributed by atoms with van der Waals surface area (Å²) in [6, 6.07) is 6.41. The normalized spacial score (nSPS) is 20.8. The Kier molecular flexibility index (Phi) is 4.33. The van der Waals surface area contributed by atoms with Gasteiger partial charge in [0.2, 0.25) is 0 Å². The number of morpholine rings is 1. The van der Waals surface area contributed by atoms with Crippen molar-refractivity contribution in [2.45, 2.75) is 19.4 Å². The molecule has 1 aliphatic heterocycles. The maximum Gasteiger partial charge on any atom is 0.176 e. The fourth-order valence-electron chi connectivity index (χ4n) is 2.11. The predicted molar refractivity (Wildman–Crippen MR) is 68.9 cm³/mol. The minimum Gasteiger partial charge on any atom is -0.508 e. The summed E-state index contributed by atoms with van der Waals surface area (Å²) >= 11 is 0. The molecule has 1 N–H and O–H groups in total. The van der Waals surface area contributed by atoms with E-state index in [0.717, 1.165) is 19.5 Å². The number of benzene rings is 1. The summed E-state index contributed by atoms with van der Waals surface area (Å²) in [6.45, 7) is 4.84. The molecule has 0 radical (unpaired) electrons. The van der Waals surface area contributed by atoms with Gasteiger partial charge >= 0.3 is 0 Å². The second-order valence-electron chi connectivity index (χ2n) is 4.61. The molecule has 18 heavy (non-hydrogen) atoms. The van der Waals surface area contributed by atoms with Crippen molar-refractivity contribution in [3.05, 3.63) is 29.8 Å². The molecule has 0 saturated carbocycles. The van der Waals surface area contributed by atoms with E-state index in [1.807, 2.05) is 0 Å². The van der Waals surface area contributed by atoms with Gasteiger partial charge in [-0.15, -0.1) is 0 Å². The van der Waals surface area contributed by atoms with Gasteiger partial charge in [0.25, 0.3) is 0 Å². The number of aromatic hydroxyl groups is 1. The zero-order valence-electron chi connectivity index (χ0n) is 10.6. The number of rotatable bonds is 4. The lowest BCUT2D eigenvalue weighted by Gasteiger charge is -2.31. The standard InChI is InChI=1S/C14H19NO3/c1-2-13-9-15(7-8-18-13)10-14(17)11-3-5-12(16)6-4-11/h3-6,13,16H,2,7-10H2,1H3. The van der Waals surface area contributed by atoms with Gasteiger partial charge in [-0.1, -0.05) is 6.92 Å². The van der Waals surface area contributed by atoms with Gasteiger partial charge in [0.05, 0.1) is 19.3 Å². The largest absolute Gasteiger partial charge is 0.508 e. The number of phenols is 1. The third-order valence-electron chi connectivity index (χ3n) is 3.23. The van der Waals surface area contributed by atoms with Crippen molar-refractivity contribution in [2.24, 2.45) is 0 Å². The van der Waals surface area contributed by atoms with E-state index in [-0.39, 0.29) is 17.6 Å². The first-order valence-electron chi connectivity index (χ1n) is 6.35. The predicted octanol–water partition coefficient (Wildman–Crippen LogP) is 1.69. The van der Waals surface area contributed by atoms with Gasteiger partial charge < -0.3 is 9.84 Å². The average molecular weight is 249 g/mol. The summed E-state index contributed by atoms with van der Waals surface area (Å²) in [7, 11) is 0. The number of phenolic OH excluding ortho intramolecular Hbond substituents is 1. The molecule has 0 bridgehead atoms. The van der Waals surface area contributed by atoms with Crippen molar-refractivity contribution in [3.63, 3.8) is 0 Å².